The minimum Gasteiger partial charge on any atom is -0.506 e. The first-order valence-corrected chi connectivity index (χ1v) is 7.47. The fourth-order valence-corrected chi connectivity index (χ4v) is 2.70. The van der Waals surface area contributed by atoms with E-state index in [2.05, 4.69) is 4.98 Å². The number of ether oxygens (including phenoxy) is 1. The number of benzene rings is 1. The molecule has 1 aromatic heterocycles. The van der Waals surface area contributed by atoms with Gasteiger partial charge in [0.2, 0.25) is 5.88 Å². The Morgan fingerprint density at radius 1 is 1.43 bits per heavy atom. The third-order valence-corrected chi connectivity index (χ3v) is 3.90. The largest absolute Gasteiger partial charge is 0.506 e. The zero-order chi connectivity index (χ0) is 16.4. The molecule has 1 aliphatic heterocycles. The highest BCUT2D eigenvalue weighted by Gasteiger charge is 2.30. The van der Waals surface area contributed by atoms with Gasteiger partial charge >= 0.3 is 0 Å². The van der Waals surface area contributed by atoms with Gasteiger partial charge in [0.05, 0.1) is 17.1 Å². The van der Waals surface area contributed by atoms with E-state index < -0.39 is 17.5 Å². The molecular formula is C16H14ClFN2O3. The number of hydrogen-bond acceptors (Lipinski definition) is 4. The summed E-state index contributed by atoms with van der Waals surface area (Å²) in [6, 6.07) is 7.28. The lowest BCUT2D eigenvalue weighted by Crippen LogP contribution is -2.31. The number of phenolic OH excluding ortho intramolecular Hbond substituents is 1. The Morgan fingerprint density at radius 3 is 3.00 bits per heavy atom. The second-order valence-electron chi connectivity index (χ2n) is 5.23. The molecule has 3 rings (SSSR count). The van der Waals surface area contributed by atoms with Gasteiger partial charge in [0.15, 0.2) is 0 Å². The van der Waals surface area contributed by atoms with E-state index in [0.717, 1.165) is 12.1 Å². The predicted octanol–water partition coefficient (Wildman–Crippen LogP) is 2.87. The zero-order valence-corrected chi connectivity index (χ0v) is 12.8. The van der Waals surface area contributed by atoms with Crippen LogP contribution >= 0.6 is 11.6 Å². The molecule has 1 amide bonds. The van der Waals surface area contributed by atoms with Crippen LogP contribution in [0.25, 0.3) is 0 Å². The molecule has 120 valence electrons. The van der Waals surface area contributed by atoms with Crippen LogP contribution in [0.4, 0.5) is 4.39 Å². The quantitative estimate of drug-likeness (QED) is 0.936. The van der Waals surface area contributed by atoms with Crippen molar-refractivity contribution in [2.24, 2.45) is 0 Å². The number of rotatable bonds is 3. The normalized spacial score (nSPS) is 17.3. The second-order valence-corrected chi connectivity index (χ2v) is 5.64. The number of amides is 1. The highest BCUT2D eigenvalue weighted by atomic mass is 35.5. The van der Waals surface area contributed by atoms with Crippen molar-refractivity contribution >= 4 is 17.5 Å². The lowest BCUT2D eigenvalue weighted by Gasteiger charge is -2.18. The third-order valence-electron chi connectivity index (χ3n) is 3.62. The van der Waals surface area contributed by atoms with Crippen molar-refractivity contribution in [1.29, 1.82) is 0 Å². The lowest BCUT2D eigenvalue weighted by atomic mass is 10.1. The molecule has 7 heteroatoms. The van der Waals surface area contributed by atoms with Crippen molar-refractivity contribution in [3.8, 4) is 11.6 Å². The number of likely N-dealkylation sites (tertiary alicyclic amines) is 1. The van der Waals surface area contributed by atoms with E-state index in [-0.39, 0.29) is 16.7 Å². The number of aromatic nitrogens is 1. The summed E-state index contributed by atoms with van der Waals surface area (Å²) in [7, 11) is 0. The Morgan fingerprint density at radius 2 is 2.26 bits per heavy atom. The molecule has 1 aromatic carbocycles. The highest BCUT2D eigenvalue weighted by Crippen LogP contribution is 2.30. The van der Waals surface area contributed by atoms with Gasteiger partial charge in [-0.2, -0.15) is 0 Å². The Kier molecular flexibility index (Phi) is 4.34. The van der Waals surface area contributed by atoms with Crippen LogP contribution in [0.1, 0.15) is 16.8 Å². The van der Waals surface area contributed by atoms with Crippen LogP contribution in [0.5, 0.6) is 11.6 Å². The Hall–Kier alpha value is -2.34. The first-order chi connectivity index (χ1) is 11.0. The molecule has 1 saturated heterocycles. The second kappa shape index (κ2) is 6.42. The van der Waals surface area contributed by atoms with Gasteiger partial charge in [0.25, 0.3) is 5.91 Å². The van der Waals surface area contributed by atoms with E-state index in [0.29, 0.717) is 25.4 Å². The first-order valence-electron chi connectivity index (χ1n) is 7.09. The van der Waals surface area contributed by atoms with E-state index in [1.807, 2.05) is 6.07 Å². The van der Waals surface area contributed by atoms with Crippen LogP contribution < -0.4 is 4.74 Å². The van der Waals surface area contributed by atoms with Gasteiger partial charge in [0.1, 0.15) is 17.7 Å². The van der Waals surface area contributed by atoms with Crippen LogP contribution in [0, 0.1) is 5.82 Å². The number of aromatic hydroxyl groups is 1. The van der Waals surface area contributed by atoms with Gasteiger partial charge < -0.3 is 14.7 Å². The molecule has 1 unspecified atom stereocenters. The molecule has 0 aliphatic carbocycles. The van der Waals surface area contributed by atoms with Crippen molar-refractivity contribution in [2.75, 3.05) is 13.1 Å². The maximum Gasteiger partial charge on any atom is 0.257 e. The maximum atomic E-state index is 13.4. The van der Waals surface area contributed by atoms with Crippen LogP contribution in [-0.2, 0) is 0 Å². The van der Waals surface area contributed by atoms with Crippen molar-refractivity contribution in [3.63, 3.8) is 0 Å². The molecule has 23 heavy (non-hydrogen) atoms. The van der Waals surface area contributed by atoms with E-state index in [1.165, 1.54) is 4.90 Å². The minimum atomic E-state index is -0.670. The van der Waals surface area contributed by atoms with Crippen molar-refractivity contribution < 1.29 is 19.0 Å². The van der Waals surface area contributed by atoms with Crippen LogP contribution in [0.3, 0.4) is 0 Å². The average molecular weight is 337 g/mol. The molecule has 0 radical (unpaired) electrons. The maximum absolute atomic E-state index is 13.4. The zero-order valence-electron chi connectivity index (χ0n) is 12.1. The molecule has 5 nitrogen and oxygen atoms in total. The Bertz CT molecular complexity index is 727. The number of carbonyl (C=O) groups excluding carboxylic acids is 1. The Balaban J connectivity index is 1.70. The Labute approximate surface area is 137 Å². The summed E-state index contributed by atoms with van der Waals surface area (Å²) in [6.45, 7) is 0.785. The first kappa shape index (κ1) is 15.6. The van der Waals surface area contributed by atoms with Crippen molar-refractivity contribution in [1.82, 2.24) is 9.88 Å². The number of phenols is 1. The summed E-state index contributed by atoms with van der Waals surface area (Å²) in [4.78, 5) is 18.0. The standard InChI is InChI=1S/C16H14ClFN2O3/c17-13-8-10(18)7-12(15(13)21)16(22)20-6-4-11(9-20)23-14-3-1-2-5-19-14/h1-3,5,7-8,11,21H,4,6,9H2. The van der Waals surface area contributed by atoms with E-state index in [1.54, 1.807) is 18.3 Å². The number of nitrogens with zero attached hydrogens (tertiary/aromatic N) is 2. The van der Waals surface area contributed by atoms with E-state index in [9.17, 15) is 14.3 Å². The number of hydrogen-bond donors (Lipinski definition) is 1. The molecule has 1 N–H and O–H groups in total. The predicted molar refractivity (Wildman–Crippen MR) is 82.2 cm³/mol. The summed E-state index contributed by atoms with van der Waals surface area (Å²) in [6.07, 6.45) is 2.06. The van der Waals surface area contributed by atoms with Crippen molar-refractivity contribution in [2.45, 2.75) is 12.5 Å². The fraction of sp³-hybridized carbons (Fsp3) is 0.250. The molecule has 1 atom stereocenters. The number of halogens is 2. The van der Waals surface area contributed by atoms with Gasteiger partial charge in [0, 0.05) is 25.2 Å². The smallest absolute Gasteiger partial charge is 0.257 e. The van der Waals surface area contributed by atoms with E-state index >= 15 is 0 Å². The summed E-state index contributed by atoms with van der Waals surface area (Å²) >= 11 is 5.71. The molecule has 0 saturated carbocycles. The van der Waals surface area contributed by atoms with Gasteiger partial charge in [-0.25, -0.2) is 9.37 Å². The van der Waals surface area contributed by atoms with Gasteiger partial charge in [-0.15, -0.1) is 0 Å². The average Bonchev–Trinajstić information content (AvgIpc) is 2.99. The number of carbonyl (C=O) groups is 1. The molecule has 0 spiro atoms. The van der Waals surface area contributed by atoms with Crippen LogP contribution in [-0.4, -0.2) is 40.1 Å². The minimum absolute atomic E-state index is 0.145. The summed E-state index contributed by atoms with van der Waals surface area (Å²) in [5.74, 6) is -1.07. The van der Waals surface area contributed by atoms with Crippen LogP contribution in [0.15, 0.2) is 36.5 Å². The lowest BCUT2D eigenvalue weighted by molar-refractivity contribution is 0.0767. The molecule has 2 heterocycles. The highest BCUT2D eigenvalue weighted by molar-refractivity contribution is 6.32. The molecular weight excluding hydrogens is 323 g/mol. The monoisotopic (exact) mass is 336 g/mol. The molecule has 1 aliphatic rings. The van der Waals surface area contributed by atoms with Gasteiger partial charge in [-0.1, -0.05) is 17.7 Å². The SMILES string of the molecule is O=C(c1cc(F)cc(Cl)c1O)N1CCC(Oc2ccccn2)C1. The van der Waals surface area contributed by atoms with Gasteiger partial charge in [-0.05, 0) is 18.2 Å². The third kappa shape index (κ3) is 3.37. The summed E-state index contributed by atoms with van der Waals surface area (Å²) in [5.41, 5.74) is -0.145. The van der Waals surface area contributed by atoms with Crippen LogP contribution in [0.2, 0.25) is 5.02 Å². The molecule has 0 bridgehead atoms. The molecule has 2 aromatic rings. The topological polar surface area (TPSA) is 62.7 Å². The molecule has 1 fully saturated rings. The number of pyridine rings is 1. The van der Waals surface area contributed by atoms with Gasteiger partial charge in [-0.3, -0.25) is 4.79 Å². The van der Waals surface area contributed by atoms with E-state index in [4.69, 9.17) is 16.3 Å². The summed E-state index contributed by atoms with van der Waals surface area (Å²) in [5, 5.41) is 9.68. The van der Waals surface area contributed by atoms with Crippen molar-refractivity contribution in [3.05, 3.63) is 52.9 Å². The fourth-order valence-electron chi connectivity index (χ4n) is 2.50. The summed E-state index contributed by atoms with van der Waals surface area (Å²) < 4.78 is 19.1.